The highest BCUT2D eigenvalue weighted by atomic mass is 19.1. The van der Waals surface area contributed by atoms with E-state index in [0.717, 1.165) is 31.7 Å². The van der Waals surface area contributed by atoms with E-state index < -0.39 is 28.0 Å². The summed E-state index contributed by atoms with van der Waals surface area (Å²) in [4.78, 5) is 20.8. The number of anilines is 1. The van der Waals surface area contributed by atoms with Crippen molar-refractivity contribution in [3.63, 3.8) is 0 Å². The highest BCUT2D eigenvalue weighted by Gasteiger charge is 2.24. The van der Waals surface area contributed by atoms with Crippen molar-refractivity contribution >= 4 is 17.3 Å². The normalized spacial score (nSPS) is 15.2. The molecule has 0 heterocycles. The third kappa shape index (κ3) is 3.04. The summed E-state index contributed by atoms with van der Waals surface area (Å²) in [7, 11) is 0. The van der Waals surface area contributed by atoms with Crippen molar-refractivity contribution in [2.24, 2.45) is 5.92 Å². The van der Waals surface area contributed by atoms with Crippen LogP contribution in [-0.2, 0) is 0 Å². The monoisotopic (exact) mass is 282 g/mol. The van der Waals surface area contributed by atoms with Gasteiger partial charge in [0.15, 0.2) is 5.82 Å². The first-order valence-electron chi connectivity index (χ1n) is 6.44. The van der Waals surface area contributed by atoms with Gasteiger partial charge >= 0.3 is 5.97 Å². The summed E-state index contributed by atoms with van der Waals surface area (Å²) in [5.74, 6) is -1.81. The molecule has 0 unspecified atom stereocenters. The molecule has 2 N–H and O–H groups in total. The smallest absolute Gasteiger partial charge is 0.342 e. The van der Waals surface area contributed by atoms with Crippen LogP contribution in [0.15, 0.2) is 12.1 Å². The molecule has 0 radical (unpaired) electrons. The molecule has 6 nitrogen and oxygen atoms in total. The molecule has 1 aromatic rings. The van der Waals surface area contributed by atoms with Crippen molar-refractivity contribution in [3.8, 4) is 0 Å². The lowest BCUT2D eigenvalue weighted by atomic mass is 10.1. The van der Waals surface area contributed by atoms with Gasteiger partial charge in [-0.2, -0.15) is 0 Å². The average molecular weight is 282 g/mol. The molecule has 1 saturated carbocycles. The van der Waals surface area contributed by atoms with Gasteiger partial charge in [-0.05, 0) is 24.8 Å². The molecule has 0 amide bonds. The van der Waals surface area contributed by atoms with Gasteiger partial charge in [0, 0.05) is 6.54 Å². The Morgan fingerprint density at radius 2 is 2.10 bits per heavy atom. The van der Waals surface area contributed by atoms with Crippen molar-refractivity contribution in [3.05, 3.63) is 33.6 Å². The SMILES string of the molecule is O=C(O)c1cc(NCC2CCCC2)c(F)cc1[N+](=O)[O-]. The second kappa shape index (κ2) is 5.85. The maximum Gasteiger partial charge on any atom is 0.342 e. The van der Waals surface area contributed by atoms with Crippen LogP contribution >= 0.6 is 0 Å². The predicted octanol–water partition coefficient (Wildman–Crippen LogP) is 3.03. The molecule has 1 fully saturated rings. The van der Waals surface area contributed by atoms with Gasteiger partial charge in [-0.25, -0.2) is 9.18 Å². The van der Waals surface area contributed by atoms with Crippen LogP contribution in [0.5, 0.6) is 0 Å². The first-order valence-corrected chi connectivity index (χ1v) is 6.44. The summed E-state index contributed by atoms with van der Waals surface area (Å²) >= 11 is 0. The van der Waals surface area contributed by atoms with Gasteiger partial charge in [-0.15, -0.1) is 0 Å². The number of benzene rings is 1. The predicted molar refractivity (Wildman–Crippen MR) is 70.5 cm³/mol. The molecule has 1 aliphatic rings. The van der Waals surface area contributed by atoms with E-state index in [1.807, 2.05) is 0 Å². The Morgan fingerprint density at radius 3 is 2.65 bits per heavy atom. The Bertz CT molecular complexity index is 541. The van der Waals surface area contributed by atoms with Gasteiger partial charge in [0.1, 0.15) is 5.56 Å². The number of hydrogen-bond donors (Lipinski definition) is 2. The zero-order valence-corrected chi connectivity index (χ0v) is 10.8. The van der Waals surface area contributed by atoms with Crippen LogP contribution < -0.4 is 5.32 Å². The average Bonchev–Trinajstić information content (AvgIpc) is 2.89. The van der Waals surface area contributed by atoms with Crippen molar-refractivity contribution in [1.29, 1.82) is 0 Å². The van der Waals surface area contributed by atoms with E-state index >= 15 is 0 Å². The summed E-state index contributed by atoms with van der Waals surface area (Å²) < 4.78 is 13.8. The van der Waals surface area contributed by atoms with Crippen LogP contribution in [0.25, 0.3) is 0 Å². The molecule has 0 saturated heterocycles. The van der Waals surface area contributed by atoms with Gasteiger partial charge in [-0.3, -0.25) is 10.1 Å². The van der Waals surface area contributed by atoms with Crippen LogP contribution in [-0.4, -0.2) is 22.5 Å². The minimum Gasteiger partial charge on any atom is -0.477 e. The number of carboxylic acid groups (broad SMARTS) is 1. The number of nitrogens with one attached hydrogen (secondary N) is 1. The highest BCUT2D eigenvalue weighted by molar-refractivity contribution is 5.93. The minimum absolute atomic E-state index is 0.0000926. The third-order valence-electron chi connectivity index (χ3n) is 3.57. The van der Waals surface area contributed by atoms with E-state index in [9.17, 15) is 19.3 Å². The van der Waals surface area contributed by atoms with E-state index in [4.69, 9.17) is 5.11 Å². The van der Waals surface area contributed by atoms with E-state index in [1.165, 1.54) is 0 Å². The number of carboxylic acids is 1. The van der Waals surface area contributed by atoms with E-state index in [-0.39, 0.29) is 5.69 Å². The van der Waals surface area contributed by atoms with Gasteiger partial charge < -0.3 is 10.4 Å². The lowest BCUT2D eigenvalue weighted by Crippen LogP contribution is -2.13. The minimum atomic E-state index is -1.44. The molecule has 20 heavy (non-hydrogen) atoms. The van der Waals surface area contributed by atoms with Gasteiger partial charge in [0.05, 0.1) is 16.7 Å². The Hall–Kier alpha value is -2.18. The molecule has 7 heteroatoms. The van der Waals surface area contributed by atoms with Crippen molar-refractivity contribution < 1.29 is 19.2 Å². The number of hydrogen-bond acceptors (Lipinski definition) is 4. The standard InChI is InChI=1S/C13H15FN2O4/c14-10-6-12(16(19)20)9(13(17)18)5-11(10)15-7-8-3-1-2-4-8/h5-6,8,15H,1-4,7H2,(H,17,18). The van der Waals surface area contributed by atoms with Crippen molar-refractivity contribution in [1.82, 2.24) is 0 Å². The molecular weight excluding hydrogens is 267 g/mol. The number of rotatable bonds is 5. The molecule has 0 spiro atoms. The fraction of sp³-hybridized carbons (Fsp3) is 0.462. The topological polar surface area (TPSA) is 92.5 Å². The Kier molecular flexibility index (Phi) is 4.16. The molecule has 108 valence electrons. The second-order valence-corrected chi connectivity index (χ2v) is 4.94. The Balaban J connectivity index is 2.22. The number of aromatic carboxylic acids is 1. The highest BCUT2D eigenvalue weighted by Crippen LogP contribution is 2.28. The van der Waals surface area contributed by atoms with Gasteiger partial charge in [0.25, 0.3) is 5.69 Å². The Labute approximate surface area is 114 Å². The third-order valence-corrected chi connectivity index (χ3v) is 3.57. The molecule has 2 rings (SSSR count). The number of halogens is 1. The second-order valence-electron chi connectivity index (χ2n) is 4.94. The number of nitrogens with zero attached hydrogens (tertiary/aromatic N) is 1. The summed E-state index contributed by atoms with van der Waals surface area (Å²) in [5, 5.41) is 22.5. The van der Waals surface area contributed by atoms with Gasteiger partial charge in [-0.1, -0.05) is 12.8 Å². The maximum atomic E-state index is 13.8. The van der Waals surface area contributed by atoms with Crippen molar-refractivity contribution in [2.45, 2.75) is 25.7 Å². The van der Waals surface area contributed by atoms with E-state index in [0.29, 0.717) is 18.5 Å². The zero-order valence-electron chi connectivity index (χ0n) is 10.8. The molecule has 0 bridgehead atoms. The van der Waals surface area contributed by atoms with Crippen LogP contribution in [0.1, 0.15) is 36.0 Å². The summed E-state index contributed by atoms with van der Waals surface area (Å²) in [5.41, 5.74) is -1.24. The van der Waals surface area contributed by atoms with Crippen LogP contribution in [0.3, 0.4) is 0 Å². The van der Waals surface area contributed by atoms with Crippen molar-refractivity contribution in [2.75, 3.05) is 11.9 Å². The number of nitro benzene ring substituents is 1. The fourth-order valence-electron chi connectivity index (χ4n) is 2.49. The first kappa shape index (κ1) is 14.2. The molecule has 1 aromatic carbocycles. The quantitative estimate of drug-likeness (QED) is 0.639. The Morgan fingerprint density at radius 1 is 1.45 bits per heavy atom. The van der Waals surface area contributed by atoms with Gasteiger partial charge in [0.2, 0.25) is 0 Å². The molecule has 1 aliphatic carbocycles. The lowest BCUT2D eigenvalue weighted by molar-refractivity contribution is -0.385. The van der Waals surface area contributed by atoms with E-state index in [1.54, 1.807) is 0 Å². The van der Waals surface area contributed by atoms with Crippen LogP contribution in [0.2, 0.25) is 0 Å². The largest absolute Gasteiger partial charge is 0.477 e. The molecule has 0 aliphatic heterocycles. The van der Waals surface area contributed by atoms with Crippen LogP contribution in [0, 0.1) is 21.8 Å². The zero-order chi connectivity index (χ0) is 14.7. The van der Waals surface area contributed by atoms with E-state index in [2.05, 4.69) is 5.32 Å². The summed E-state index contributed by atoms with van der Waals surface area (Å²) in [6.07, 6.45) is 4.42. The number of nitro groups is 1. The fourth-order valence-corrected chi connectivity index (χ4v) is 2.49. The molecular formula is C13H15FN2O4. The molecule has 0 aromatic heterocycles. The number of carbonyl (C=O) groups is 1. The molecule has 0 atom stereocenters. The first-order chi connectivity index (χ1) is 9.49. The van der Waals surface area contributed by atoms with Crippen LogP contribution in [0.4, 0.5) is 15.8 Å². The summed E-state index contributed by atoms with van der Waals surface area (Å²) in [6.45, 7) is 0.549. The maximum absolute atomic E-state index is 13.8. The summed E-state index contributed by atoms with van der Waals surface area (Å²) in [6, 6.07) is 1.64. The lowest BCUT2D eigenvalue weighted by Gasteiger charge is -2.13.